The number of nitrogens with zero attached hydrogens (tertiary/aromatic N) is 3. The standard InChI is InChI=1S/C28H26Cl2N4O2/c1-19(2)16-33(27(36)23-13-6-7-14-24(23)30)18-26(35)32-28-31-25(20-9-4-3-5-10-20)17-34(28)22-12-8-11-21(29)15-22/h3-15,17,19H,16,18H2,1-2H3,(H,31,32,35). The van der Waals surface area contributed by atoms with Gasteiger partial charge in [-0.25, -0.2) is 4.98 Å². The van der Waals surface area contributed by atoms with E-state index in [0.29, 0.717) is 33.8 Å². The number of carbonyl (C=O) groups is 2. The summed E-state index contributed by atoms with van der Waals surface area (Å²) < 4.78 is 1.77. The van der Waals surface area contributed by atoms with Crippen molar-refractivity contribution >= 4 is 41.0 Å². The second-order valence-electron chi connectivity index (χ2n) is 8.77. The van der Waals surface area contributed by atoms with Gasteiger partial charge in [0.25, 0.3) is 5.91 Å². The highest BCUT2D eigenvalue weighted by Crippen LogP contribution is 2.26. The van der Waals surface area contributed by atoms with Gasteiger partial charge in [-0.1, -0.05) is 85.6 Å². The zero-order chi connectivity index (χ0) is 25.7. The first-order valence-corrected chi connectivity index (χ1v) is 12.3. The first-order chi connectivity index (χ1) is 17.3. The second kappa shape index (κ2) is 11.4. The molecule has 0 fully saturated rings. The van der Waals surface area contributed by atoms with Crippen molar-refractivity contribution < 1.29 is 9.59 Å². The summed E-state index contributed by atoms with van der Waals surface area (Å²) in [5, 5.41) is 3.80. The van der Waals surface area contributed by atoms with Crippen LogP contribution in [0.1, 0.15) is 24.2 Å². The summed E-state index contributed by atoms with van der Waals surface area (Å²) in [7, 11) is 0. The van der Waals surface area contributed by atoms with E-state index in [1.165, 1.54) is 4.90 Å². The summed E-state index contributed by atoms with van der Waals surface area (Å²) in [6, 6.07) is 23.8. The molecule has 0 bridgehead atoms. The Hall–Kier alpha value is -3.61. The lowest BCUT2D eigenvalue weighted by atomic mass is 10.1. The van der Waals surface area contributed by atoms with Gasteiger partial charge in [-0.15, -0.1) is 0 Å². The summed E-state index contributed by atoms with van der Waals surface area (Å²) in [4.78, 5) is 32.6. The van der Waals surface area contributed by atoms with Crippen LogP contribution in [-0.4, -0.2) is 39.4 Å². The number of carbonyl (C=O) groups excluding carboxylic acids is 2. The predicted octanol–water partition coefficient (Wildman–Crippen LogP) is 6.58. The number of nitrogens with one attached hydrogen (secondary N) is 1. The molecule has 1 aromatic heterocycles. The van der Waals surface area contributed by atoms with Crippen LogP contribution < -0.4 is 5.32 Å². The van der Waals surface area contributed by atoms with Crippen LogP contribution in [0.5, 0.6) is 0 Å². The fourth-order valence-corrected chi connectivity index (χ4v) is 4.24. The molecule has 1 heterocycles. The van der Waals surface area contributed by atoms with Crippen LogP contribution in [0.2, 0.25) is 10.0 Å². The van der Waals surface area contributed by atoms with E-state index >= 15 is 0 Å². The molecule has 4 aromatic rings. The van der Waals surface area contributed by atoms with Crippen LogP contribution in [0.3, 0.4) is 0 Å². The smallest absolute Gasteiger partial charge is 0.255 e. The monoisotopic (exact) mass is 520 g/mol. The molecule has 2 amide bonds. The Morgan fingerprint density at radius 2 is 1.69 bits per heavy atom. The first kappa shape index (κ1) is 25.5. The van der Waals surface area contributed by atoms with E-state index in [-0.39, 0.29) is 24.3 Å². The van der Waals surface area contributed by atoms with Gasteiger partial charge in [0.05, 0.1) is 16.3 Å². The number of imidazole rings is 1. The molecule has 0 saturated carbocycles. The van der Waals surface area contributed by atoms with Gasteiger partial charge in [0.1, 0.15) is 6.54 Å². The number of anilines is 1. The highest BCUT2D eigenvalue weighted by molar-refractivity contribution is 6.33. The van der Waals surface area contributed by atoms with E-state index in [2.05, 4.69) is 10.3 Å². The molecule has 1 N–H and O–H groups in total. The molecule has 0 spiro atoms. The summed E-state index contributed by atoms with van der Waals surface area (Å²) in [5.74, 6) is -0.185. The fraction of sp³-hybridized carbons (Fsp3) is 0.179. The fourth-order valence-electron chi connectivity index (χ4n) is 3.84. The molecule has 0 atom stereocenters. The predicted molar refractivity (Wildman–Crippen MR) is 145 cm³/mol. The van der Waals surface area contributed by atoms with E-state index in [1.807, 2.05) is 62.5 Å². The molecule has 0 radical (unpaired) electrons. The molecule has 6 nitrogen and oxygen atoms in total. The Morgan fingerprint density at radius 3 is 2.39 bits per heavy atom. The third kappa shape index (κ3) is 6.14. The largest absolute Gasteiger partial charge is 0.329 e. The summed E-state index contributed by atoms with van der Waals surface area (Å²) in [6.45, 7) is 4.23. The molecule has 184 valence electrons. The third-order valence-corrected chi connectivity index (χ3v) is 5.99. The number of halogens is 2. The average Bonchev–Trinajstić information content (AvgIpc) is 3.27. The van der Waals surface area contributed by atoms with Crippen molar-refractivity contribution in [3.63, 3.8) is 0 Å². The lowest BCUT2D eigenvalue weighted by Gasteiger charge is -2.24. The van der Waals surface area contributed by atoms with Crippen LogP contribution in [0, 0.1) is 5.92 Å². The number of aromatic nitrogens is 2. The van der Waals surface area contributed by atoms with Crippen LogP contribution in [0.25, 0.3) is 16.9 Å². The molecule has 0 aliphatic carbocycles. The summed E-state index contributed by atoms with van der Waals surface area (Å²) >= 11 is 12.5. The molecule has 4 rings (SSSR count). The molecule has 3 aromatic carbocycles. The topological polar surface area (TPSA) is 67.2 Å². The van der Waals surface area contributed by atoms with Crippen molar-refractivity contribution in [3.05, 3.63) is 101 Å². The van der Waals surface area contributed by atoms with E-state index < -0.39 is 0 Å². The van der Waals surface area contributed by atoms with Crippen molar-refractivity contribution in [1.29, 1.82) is 0 Å². The Morgan fingerprint density at radius 1 is 0.972 bits per heavy atom. The molecule has 0 aliphatic rings. The van der Waals surface area contributed by atoms with Gasteiger partial charge in [0.2, 0.25) is 11.9 Å². The molecule has 0 saturated heterocycles. The van der Waals surface area contributed by atoms with E-state index in [0.717, 1.165) is 11.3 Å². The maximum absolute atomic E-state index is 13.2. The molecule has 0 unspecified atom stereocenters. The maximum atomic E-state index is 13.2. The molecular formula is C28H26Cl2N4O2. The molecule has 36 heavy (non-hydrogen) atoms. The zero-order valence-electron chi connectivity index (χ0n) is 20.0. The van der Waals surface area contributed by atoms with E-state index in [1.54, 1.807) is 41.0 Å². The van der Waals surface area contributed by atoms with Crippen LogP contribution in [-0.2, 0) is 4.79 Å². The molecule has 0 aliphatic heterocycles. The van der Waals surface area contributed by atoms with Crippen LogP contribution >= 0.6 is 23.2 Å². The lowest BCUT2D eigenvalue weighted by Crippen LogP contribution is -2.40. The molecular weight excluding hydrogens is 495 g/mol. The highest BCUT2D eigenvalue weighted by atomic mass is 35.5. The Labute approximate surface area is 220 Å². The van der Waals surface area contributed by atoms with Crippen molar-refractivity contribution in [2.24, 2.45) is 5.92 Å². The highest BCUT2D eigenvalue weighted by Gasteiger charge is 2.23. The van der Waals surface area contributed by atoms with E-state index in [9.17, 15) is 9.59 Å². The van der Waals surface area contributed by atoms with Crippen molar-refractivity contribution in [3.8, 4) is 16.9 Å². The van der Waals surface area contributed by atoms with Crippen molar-refractivity contribution in [2.45, 2.75) is 13.8 Å². The SMILES string of the molecule is CC(C)CN(CC(=O)Nc1nc(-c2ccccc2)cn1-c1cccc(Cl)c1)C(=O)c1ccccc1Cl. The van der Waals surface area contributed by atoms with Gasteiger partial charge in [-0.2, -0.15) is 0 Å². The zero-order valence-corrected chi connectivity index (χ0v) is 21.5. The maximum Gasteiger partial charge on any atom is 0.255 e. The number of amides is 2. The summed E-state index contributed by atoms with van der Waals surface area (Å²) in [5.41, 5.74) is 2.71. The lowest BCUT2D eigenvalue weighted by molar-refractivity contribution is -0.117. The Bertz CT molecular complexity index is 1370. The second-order valence-corrected chi connectivity index (χ2v) is 9.62. The normalized spacial score (nSPS) is 10.9. The van der Waals surface area contributed by atoms with Crippen molar-refractivity contribution in [1.82, 2.24) is 14.5 Å². The average molecular weight is 521 g/mol. The van der Waals surface area contributed by atoms with Crippen LogP contribution in [0.4, 0.5) is 5.95 Å². The minimum Gasteiger partial charge on any atom is -0.329 e. The quantitative estimate of drug-likeness (QED) is 0.285. The van der Waals surface area contributed by atoms with Crippen LogP contribution in [0.15, 0.2) is 85.1 Å². The van der Waals surface area contributed by atoms with Gasteiger partial charge in [-0.3, -0.25) is 19.5 Å². The van der Waals surface area contributed by atoms with Gasteiger partial charge in [0.15, 0.2) is 0 Å². The number of benzene rings is 3. The van der Waals surface area contributed by atoms with Gasteiger partial charge in [0, 0.05) is 29.0 Å². The molecule has 8 heteroatoms. The van der Waals surface area contributed by atoms with Gasteiger partial charge < -0.3 is 4.90 Å². The number of rotatable bonds is 8. The number of hydrogen-bond acceptors (Lipinski definition) is 3. The minimum absolute atomic E-state index is 0.148. The van der Waals surface area contributed by atoms with E-state index in [4.69, 9.17) is 23.2 Å². The van der Waals surface area contributed by atoms with Gasteiger partial charge >= 0.3 is 0 Å². The third-order valence-electron chi connectivity index (χ3n) is 5.42. The van der Waals surface area contributed by atoms with Gasteiger partial charge in [-0.05, 0) is 36.2 Å². The Balaban J connectivity index is 1.63. The number of hydrogen-bond donors (Lipinski definition) is 1. The first-order valence-electron chi connectivity index (χ1n) is 11.6. The minimum atomic E-state index is -0.371. The summed E-state index contributed by atoms with van der Waals surface area (Å²) in [6.07, 6.45) is 1.84. The Kier molecular flexibility index (Phi) is 8.08. The van der Waals surface area contributed by atoms with Crippen molar-refractivity contribution in [2.75, 3.05) is 18.4 Å².